The summed E-state index contributed by atoms with van der Waals surface area (Å²) in [7, 11) is 1.85. The van der Waals surface area contributed by atoms with Gasteiger partial charge in [-0.2, -0.15) is 5.10 Å². The van der Waals surface area contributed by atoms with Gasteiger partial charge in [0, 0.05) is 24.8 Å². The van der Waals surface area contributed by atoms with Gasteiger partial charge in [-0.25, -0.2) is 0 Å². The molecule has 0 aliphatic carbocycles. The Morgan fingerprint density at radius 1 is 1.45 bits per heavy atom. The minimum atomic E-state index is -0.465. The number of aryl methyl sites for hydroxylation is 1. The van der Waals surface area contributed by atoms with E-state index in [1.54, 1.807) is 29.1 Å². The quantitative estimate of drug-likeness (QED) is 0.434. The number of hydrogen-bond acceptors (Lipinski definition) is 6. The maximum atomic E-state index is 11.1. The summed E-state index contributed by atoms with van der Waals surface area (Å²) in [5, 5.41) is 18.3. The fourth-order valence-electron chi connectivity index (χ4n) is 1.91. The van der Waals surface area contributed by atoms with Crippen molar-refractivity contribution in [2.24, 2.45) is 12.9 Å². The zero-order chi connectivity index (χ0) is 14.7. The van der Waals surface area contributed by atoms with Crippen LogP contribution in [0.5, 0.6) is 0 Å². The molecule has 106 valence electrons. The van der Waals surface area contributed by atoms with E-state index in [9.17, 15) is 10.1 Å². The molecule has 2 rings (SSSR count). The fraction of sp³-hybridized carbons (Fsp3) is 0.250. The van der Waals surface area contributed by atoms with E-state index in [0.29, 0.717) is 12.2 Å². The molecular formula is C12H16N6O2. The molecule has 0 aliphatic heterocycles. The van der Waals surface area contributed by atoms with Gasteiger partial charge in [0.1, 0.15) is 11.4 Å². The van der Waals surface area contributed by atoms with Crippen LogP contribution in [-0.2, 0) is 13.6 Å². The van der Waals surface area contributed by atoms with Gasteiger partial charge in [-0.15, -0.1) is 0 Å². The number of nitrogens with two attached hydrogens (primary N) is 1. The number of anilines is 2. The molecule has 0 unspecified atom stereocenters. The van der Waals surface area contributed by atoms with E-state index in [4.69, 9.17) is 5.84 Å². The van der Waals surface area contributed by atoms with Crippen molar-refractivity contribution in [1.29, 1.82) is 0 Å². The molecule has 2 aromatic rings. The molecular weight excluding hydrogens is 260 g/mol. The van der Waals surface area contributed by atoms with Crippen LogP contribution in [-0.4, -0.2) is 14.7 Å². The SMILES string of the molecule is Cc1c(CNc2cccc(NN)c2[N+](=O)[O-])cnn1C. The number of hydrazine groups is 1. The van der Waals surface area contributed by atoms with Crippen molar-refractivity contribution in [2.75, 3.05) is 10.7 Å². The number of nitrogen functional groups attached to an aromatic ring is 1. The summed E-state index contributed by atoms with van der Waals surface area (Å²) >= 11 is 0. The number of aromatic nitrogens is 2. The summed E-state index contributed by atoms with van der Waals surface area (Å²) in [4.78, 5) is 10.7. The molecule has 0 bridgehead atoms. The maximum Gasteiger partial charge on any atom is 0.316 e. The molecule has 0 fully saturated rings. The normalized spacial score (nSPS) is 10.3. The van der Waals surface area contributed by atoms with Gasteiger partial charge in [-0.1, -0.05) is 6.07 Å². The molecule has 8 nitrogen and oxygen atoms in total. The second-order valence-corrected chi connectivity index (χ2v) is 4.34. The van der Waals surface area contributed by atoms with Gasteiger partial charge < -0.3 is 10.7 Å². The van der Waals surface area contributed by atoms with Crippen molar-refractivity contribution < 1.29 is 4.92 Å². The number of hydrogen-bond donors (Lipinski definition) is 3. The van der Waals surface area contributed by atoms with E-state index in [1.807, 2.05) is 14.0 Å². The van der Waals surface area contributed by atoms with Crippen molar-refractivity contribution in [3.05, 3.63) is 45.8 Å². The van der Waals surface area contributed by atoms with Gasteiger partial charge in [-0.05, 0) is 19.1 Å². The molecule has 0 spiro atoms. The van der Waals surface area contributed by atoms with Crippen LogP contribution in [0.1, 0.15) is 11.3 Å². The molecule has 1 aromatic heterocycles. The van der Waals surface area contributed by atoms with E-state index >= 15 is 0 Å². The predicted molar refractivity (Wildman–Crippen MR) is 76.2 cm³/mol. The highest BCUT2D eigenvalue weighted by Gasteiger charge is 2.19. The second kappa shape index (κ2) is 5.57. The molecule has 0 amide bonds. The Balaban J connectivity index is 2.25. The summed E-state index contributed by atoms with van der Waals surface area (Å²) in [5.74, 6) is 5.30. The van der Waals surface area contributed by atoms with E-state index in [2.05, 4.69) is 15.8 Å². The Bertz CT molecular complexity index is 637. The van der Waals surface area contributed by atoms with Gasteiger partial charge in [-0.3, -0.25) is 20.6 Å². The summed E-state index contributed by atoms with van der Waals surface area (Å²) in [6.07, 6.45) is 1.74. The first-order chi connectivity index (χ1) is 9.54. The first-order valence-electron chi connectivity index (χ1n) is 6.00. The third-order valence-corrected chi connectivity index (χ3v) is 3.18. The van der Waals surface area contributed by atoms with Crippen molar-refractivity contribution in [2.45, 2.75) is 13.5 Å². The highest BCUT2D eigenvalue weighted by molar-refractivity contribution is 5.75. The number of rotatable bonds is 5. The largest absolute Gasteiger partial charge is 0.375 e. The van der Waals surface area contributed by atoms with Crippen molar-refractivity contribution >= 4 is 17.1 Å². The van der Waals surface area contributed by atoms with Crippen molar-refractivity contribution in [1.82, 2.24) is 9.78 Å². The third kappa shape index (κ3) is 2.54. The Morgan fingerprint density at radius 2 is 2.15 bits per heavy atom. The predicted octanol–water partition coefficient (Wildman–Crippen LogP) is 1.53. The average Bonchev–Trinajstić information content (AvgIpc) is 2.75. The van der Waals surface area contributed by atoms with Gasteiger partial charge in [0.05, 0.1) is 11.1 Å². The zero-order valence-electron chi connectivity index (χ0n) is 11.3. The molecule has 4 N–H and O–H groups in total. The van der Waals surface area contributed by atoms with Crippen LogP contribution in [0.25, 0.3) is 0 Å². The van der Waals surface area contributed by atoms with Crippen LogP contribution in [0.15, 0.2) is 24.4 Å². The minimum Gasteiger partial charge on any atom is -0.375 e. The molecule has 0 saturated carbocycles. The highest BCUT2D eigenvalue weighted by Crippen LogP contribution is 2.32. The summed E-state index contributed by atoms with van der Waals surface area (Å²) in [5.41, 5.74) is 4.92. The standard InChI is InChI=1S/C12H16N6O2/c1-8-9(7-15-17(8)2)6-14-10-4-3-5-11(16-13)12(10)18(19)20/h3-5,7,14,16H,6,13H2,1-2H3. The van der Waals surface area contributed by atoms with Crippen LogP contribution in [0.3, 0.4) is 0 Å². The van der Waals surface area contributed by atoms with Crippen LogP contribution in [0.4, 0.5) is 17.1 Å². The molecule has 0 atom stereocenters. The first-order valence-corrected chi connectivity index (χ1v) is 6.00. The van der Waals surface area contributed by atoms with Crippen LogP contribution in [0, 0.1) is 17.0 Å². The molecule has 0 aliphatic rings. The number of nitro groups is 1. The second-order valence-electron chi connectivity index (χ2n) is 4.34. The van der Waals surface area contributed by atoms with Gasteiger partial charge in [0.25, 0.3) is 0 Å². The first kappa shape index (κ1) is 13.8. The number of benzene rings is 1. The molecule has 8 heteroatoms. The number of nitrogens with zero attached hydrogens (tertiary/aromatic N) is 3. The zero-order valence-corrected chi connectivity index (χ0v) is 11.3. The Kier molecular flexibility index (Phi) is 3.85. The highest BCUT2D eigenvalue weighted by atomic mass is 16.6. The third-order valence-electron chi connectivity index (χ3n) is 3.18. The molecule has 20 heavy (non-hydrogen) atoms. The van der Waals surface area contributed by atoms with Crippen molar-refractivity contribution in [3.8, 4) is 0 Å². The van der Waals surface area contributed by atoms with E-state index in [1.165, 1.54) is 0 Å². The lowest BCUT2D eigenvalue weighted by Gasteiger charge is -2.09. The summed E-state index contributed by atoms with van der Waals surface area (Å²) < 4.78 is 1.75. The lowest BCUT2D eigenvalue weighted by atomic mass is 10.2. The van der Waals surface area contributed by atoms with Crippen LogP contribution in [0.2, 0.25) is 0 Å². The number of nitrogens with one attached hydrogen (secondary N) is 2. The maximum absolute atomic E-state index is 11.1. The molecule has 1 heterocycles. The molecule has 0 radical (unpaired) electrons. The van der Waals surface area contributed by atoms with Crippen LogP contribution < -0.4 is 16.6 Å². The lowest BCUT2D eigenvalue weighted by molar-refractivity contribution is -0.383. The van der Waals surface area contributed by atoms with E-state index in [-0.39, 0.29) is 11.4 Å². The van der Waals surface area contributed by atoms with Gasteiger partial charge in [0.15, 0.2) is 0 Å². The number of para-hydroxylation sites is 1. The number of nitro benzene ring substituents is 1. The Hall–Kier alpha value is -2.61. The van der Waals surface area contributed by atoms with Crippen LogP contribution >= 0.6 is 0 Å². The monoisotopic (exact) mass is 276 g/mol. The average molecular weight is 276 g/mol. The Morgan fingerprint density at radius 3 is 2.70 bits per heavy atom. The topological polar surface area (TPSA) is 111 Å². The summed E-state index contributed by atoms with van der Waals surface area (Å²) in [6.45, 7) is 2.39. The fourth-order valence-corrected chi connectivity index (χ4v) is 1.91. The molecule has 1 aromatic carbocycles. The van der Waals surface area contributed by atoms with E-state index in [0.717, 1.165) is 11.3 Å². The Labute approximate surface area is 115 Å². The van der Waals surface area contributed by atoms with Gasteiger partial charge in [0.2, 0.25) is 0 Å². The minimum absolute atomic E-state index is 0.0726. The van der Waals surface area contributed by atoms with Crippen molar-refractivity contribution in [3.63, 3.8) is 0 Å². The summed E-state index contributed by atoms with van der Waals surface area (Å²) in [6, 6.07) is 4.89. The molecule has 0 saturated heterocycles. The lowest BCUT2D eigenvalue weighted by Crippen LogP contribution is -2.11. The van der Waals surface area contributed by atoms with E-state index < -0.39 is 4.92 Å². The van der Waals surface area contributed by atoms with Gasteiger partial charge >= 0.3 is 5.69 Å². The smallest absolute Gasteiger partial charge is 0.316 e.